The van der Waals surface area contributed by atoms with Gasteiger partial charge >= 0.3 is 5.97 Å². The van der Waals surface area contributed by atoms with E-state index in [1.165, 1.54) is 6.92 Å². The van der Waals surface area contributed by atoms with Crippen LogP contribution in [0.4, 0.5) is 0 Å². The summed E-state index contributed by atoms with van der Waals surface area (Å²) >= 11 is 0. The van der Waals surface area contributed by atoms with Gasteiger partial charge in [-0.1, -0.05) is 12.1 Å². The molecule has 0 aromatic rings. The fourth-order valence-electron chi connectivity index (χ4n) is 0.646. The van der Waals surface area contributed by atoms with Gasteiger partial charge in [0.05, 0.1) is 6.61 Å². The monoisotopic (exact) mass is 201 g/mol. The van der Waals surface area contributed by atoms with E-state index >= 15 is 0 Å². The van der Waals surface area contributed by atoms with E-state index < -0.39 is 11.8 Å². The van der Waals surface area contributed by atoms with Crippen molar-refractivity contribution in [1.29, 1.82) is 0 Å². The molecule has 0 unspecified atom stereocenters. The van der Waals surface area contributed by atoms with E-state index in [4.69, 9.17) is 4.84 Å². The van der Waals surface area contributed by atoms with Crippen LogP contribution in [0.5, 0.6) is 0 Å². The predicted molar refractivity (Wildman–Crippen MR) is 51.0 cm³/mol. The Morgan fingerprint density at radius 1 is 1.29 bits per heavy atom. The van der Waals surface area contributed by atoms with Crippen LogP contribution in [0.1, 0.15) is 27.2 Å². The van der Waals surface area contributed by atoms with Crippen LogP contribution in [0.3, 0.4) is 0 Å². The lowest BCUT2D eigenvalue weighted by Gasteiger charge is -2.02. The van der Waals surface area contributed by atoms with Gasteiger partial charge in [-0.3, -0.25) is 4.79 Å². The van der Waals surface area contributed by atoms with E-state index in [0.717, 1.165) is 6.42 Å². The van der Waals surface area contributed by atoms with Crippen LogP contribution in [0.15, 0.2) is 5.16 Å². The summed E-state index contributed by atoms with van der Waals surface area (Å²) in [4.78, 5) is 26.8. The van der Waals surface area contributed by atoms with E-state index in [9.17, 15) is 9.59 Å². The van der Waals surface area contributed by atoms with E-state index in [-0.39, 0.29) is 12.3 Å². The van der Waals surface area contributed by atoms with Gasteiger partial charge in [0.25, 0.3) is 0 Å². The van der Waals surface area contributed by atoms with Crippen LogP contribution in [-0.4, -0.2) is 30.7 Å². The van der Waals surface area contributed by atoms with E-state index in [0.29, 0.717) is 6.61 Å². The maximum Gasteiger partial charge on any atom is 0.364 e. The average Bonchev–Trinajstić information content (AvgIpc) is 2.12. The number of esters is 1. The standard InChI is InChI=1S/C9H15NO4/c1-4-6-14-10-8(7(3)11)9(12)13-5-2/h4-6H2,1-3H3/b10-8-. The van der Waals surface area contributed by atoms with Crippen LogP contribution in [0, 0.1) is 0 Å². The van der Waals surface area contributed by atoms with Crippen molar-refractivity contribution >= 4 is 17.5 Å². The molecule has 0 aliphatic carbocycles. The van der Waals surface area contributed by atoms with Crippen LogP contribution in [0.2, 0.25) is 0 Å². The molecule has 0 aromatic heterocycles. The average molecular weight is 201 g/mol. The second-order valence-corrected chi connectivity index (χ2v) is 2.55. The fraction of sp³-hybridized carbons (Fsp3) is 0.667. The lowest BCUT2D eigenvalue weighted by molar-refractivity contribution is -0.135. The van der Waals surface area contributed by atoms with Gasteiger partial charge < -0.3 is 9.57 Å². The summed E-state index contributed by atoms with van der Waals surface area (Å²) in [5, 5.41) is 3.42. The molecule has 80 valence electrons. The Bertz CT molecular complexity index is 235. The molecule has 0 aliphatic rings. The minimum Gasteiger partial charge on any atom is -0.461 e. The van der Waals surface area contributed by atoms with Crippen LogP contribution in [0.25, 0.3) is 0 Å². The van der Waals surface area contributed by atoms with Crippen molar-refractivity contribution in [2.75, 3.05) is 13.2 Å². The first-order chi connectivity index (χ1) is 6.63. The summed E-state index contributed by atoms with van der Waals surface area (Å²) in [5.74, 6) is -1.20. The summed E-state index contributed by atoms with van der Waals surface area (Å²) < 4.78 is 4.63. The summed E-state index contributed by atoms with van der Waals surface area (Å²) in [6, 6.07) is 0. The van der Waals surface area contributed by atoms with Crippen LogP contribution < -0.4 is 0 Å². The highest BCUT2D eigenvalue weighted by molar-refractivity contribution is 6.63. The number of ether oxygens (including phenoxy) is 1. The van der Waals surface area contributed by atoms with Crippen molar-refractivity contribution in [3.05, 3.63) is 0 Å². The third-order valence-electron chi connectivity index (χ3n) is 1.25. The first-order valence-electron chi connectivity index (χ1n) is 4.51. The number of Topliss-reactive ketones (excluding diaryl/α,β-unsaturated/α-hetero) is 1. The lowest BCUT2D eigenvalue weighted by Crippen LogP contribution is -2.24. The maximum absolute atomic E-state index is 11.1. The van der Waals surface area contributed by atoms with Gasteiger partial charge in [0, 0.05) is 6.92 Å². The number of nitrogens with zero attached hydrogens (tertiary/aromatic N) is 1. The Morgan fingerprint density at radius 2 is 1.93 bits per heavy atom. The third-order valence-corrected chi connectivity index (χ3v) is 1.25. The molecule has 0 amide bonds. The van der Waals surface area contributed by atoms with Crippen molar-refractivity contribution in [1.82, 2.24) is 0 Å². The molecule has 5 nitrogen and oxygen atoms in total. The Morgan fingerprint density at radius 3 is 2.36 bits per heavy atom. The van der Waals surface area contributed by atoms with E-state index in [1.807, 2.05) is 6.92 Å². The molecule has 5 heteroatoms. The molecule has 0 spiro atoms. The normalized spacial score (nSPS) is 10.9. The molecule has 0 saturated carbocycles. The first kappa shape index (κ1) is 12.6. The van der Waals surface area contributed by atoms with Gasteiger partial charge in [0.1, 0.15) is 6.61 Å². The topological polar surface area (TPSA) is 65.0 Å². The molecule has 0 radical (unpaired) electrons. The fourth-order valence-corrected chi connectivity index (χ4v) is 0.646. The van der Waals surface area contributed by atoms with Gasteiger partial charge in [-0.05, 0) is 13.3 Å². The highest BCUT2D eigenvalue weighted by Gasteiger charge is 2.18. The molecule has 0 aromatic carbocycles. The van der Waals surface area contributed by atoms with Crippen LogP contribution >= 0.6 is 0 Å². The molecule has 0 N–H and O–H groups in total. The van der Waals surface area contributed by atoms with E-state index in [2.05, 4.69) is 9.89 Å². The molecule has 0 bridgehead atoms. The molecular weight excluding hydrogens is 186 g/mol. The highest BCUT2D eigenvalue weighted by Crippen LogP contribution is 1.91. The molecule has 0 aliphatic heterocycles. The second-order valence-electron chi connectivity index (χ2n) is 2.55. The Labute approximate surface area is 83.1 Å². The van der Waals surface area contributed by atoms with E-state index in [1.54, 1.807) is 6.92 Å². The molecule has 0 heterocycles. The minimum atomic E-state index is -0.740. The molecular formula is C9H15NO4. The summed E-state index contributed by atoms with van der Waals surface area (Å²) in [5.41, 5.74) is -0.291. The number of hydrogen-bond acceptors (Lipinski definition) is 5. The third kappa shape index (κ3) is 4.59. The quantitative estimate of drug-likeness (QED) is 0.211. The summed E-state index contributed by atoms with van der Waals surface area (Å²) in [6.07, 6.45) is 0.761. The highest BCUT2D eigenvalue weighted by atomic mass is 16.6. The number of oxime groups is 1. The van der Waals surface area contributed by atoms with Crippen molar-refractivity contribution in [3.8, 4) is 0 Å². The van der Waals surface area contributed by atoms with Gasteiger partial charge in [-0.15, -0.1) is 0 Å². The van der Waals surface area contributed by atoms with Crippen molar-refractivity contribution in [2.24, 2.45) is 5.16 Å². The van der Waals surface area contributed by atoms with Crippen LogP contribution in [-0.2, 0) is 19.2 Å². The summed E-state index contributed by atoms with van der Waals surface area (Å²) in [7, 11) is 0. The number of carbonyl (C=O) groups is 2. The predicted octanol–water partition coefficient (Wildman–Crippen LogP) is 0.921. The molecule has 0 rings (SSSR count). The number of carbonyl (C=O) groups excluding carboxylic acids is 2. The molecule has 0 saturated heterocycles. The second kappa shape index (κ2) is 7.06. The lowest BCUT2D eigenvalue weighted by atomic mass is 10.3. The molecule has 0 fully saturated rings. The zero-order valence-corrected chi connectivity index (χ0v) is 8.70. The first-order valence-corrected chi connectivity index (χ1v) is 4.51. The SMILES string of the molecule is CCCO/N=C(/C(C)=O)C(=O)OCC. The van der Waals surface area contributed by atoms with Gasteiger partial charge in [-0.2, -0.15) is 0 Å². The maximum atomic E-state index is 11.1. The van der Waals surface area contributed by atoms with Gasteiger partial charge in [-0.25, -0.2) is 4.79 Å². The minimum absolute atomic E-state index is 0.207. The van der Waals surface area contributed by atoms with Gasteiger partial charge in [0.2, 0.25) is 5.71 Å². The Kier molecular flexibility index (Phi) is 6.36. The number of rotatable bonds is 6. The molecule has 0 atom stereocenters. The zero-order valence-electron chi connectivity index (χ0n) is 8.70. The number of ketones is 1. The van der Waals surface area contributed by atoms with Crippen molar-refractivity contribution in [2.45, 2.75) is 27.2 Å². The van der Waals surface area contributed by atoms with Crippen molar-refractivity contribution in [3.63, 3.8) is 0 Å². The van der Waals surface area contributed by atoms with Crippen molar-refractivity contribution < 1.29 is 19.2 Å². The van der Waals surface area contributed by atoms with Gasteiger partial charge in [0.15, 0.2) is 5.78 Å². The molecule has 14 heavy (non-hydrogen) atoms. The smallest absolute Gasteiger partial charge is 0.364 e. The zero-order chi connectivity index (χ0) is 11.0. The largest absolute Gasteiger partial charge is 0.461 e. The number of hydrogen-bond donors (Lipinski definition) is 0. The summed E-state index contributed by atoms with van der Waals surface area (Å²) in [6.45, 7) is 5.37. The Balaban J connectivity index is 4.35. The Hall–Kier alpha value is -1.39.